The molecule has 1 aliphatic rings. The third kappa shape index (κ3) is 4.96. The van der Waals surface area contributed by atoms with Crippen molar-refractivity contribution in [3.63, 3.8) is 0 Å². The number of hydrogen-bond donors (Lipinski definition) is 2. The Kier molecular flexibility index (Phi) is 7.25. The summed E-state index contributed by atoms with van der Waals surface area (Å²) < 4.78 is 5.56. The predicted molar refractivity (Wildman–Crippen MR) is 119 cm³/mol. The summed E-state index contributed by atoms with van der Waals surface area (Å²) in [6.07, 6.45) is 0.807. The van der Waals surface area contributed by atoms with E-state index in [1.165, 1.54) is 23.1 Å². The molecule has 3 rings (SSSR count). The van der Waals surface area contributed by atoms with E-state index < -0.39 is 11.8 Å². The standard InChI is InChI=1S/C24H27N3O5/c1-4-16-7-5-6-8-20(16)32-14-21(28)25-11-12-26-22(29)17-9-10-18-19(13-17)24(31)27(15(2)3)23(18)30/h5-10,13,15H,4,11-12,14H2,1-3H3,(H,25,28)(H,26,29). The molecule has 2 N–H and O–H groups in total. The number of benzene rings is 2. The summed E-state index contributed by atoms with van der Waals surface area (Å²) in [5, 5.41) is 5.38. The van der Waals surface area contributed by atoms with E-state index in [1.54, 1.807) is 13.8 Å². The second-order valence-electron chi connectivity index (χ2n) is 7.69. The van der Waals surface area contributed by atoms with Gasteiger partial charge in [-0.3, -0.25) is 24.1 Å². The quantitative estimate of drug-likeness (QED) is 0.462. The van der Waals surface area contributed by atoms with Crippen LogP contribution in [0, 0.1) is 0 Å². The first-order chi connectivity index (χ1) is 15.3. The summed E-state index contributed by atoms with van der Waals surface area (Å²) in [7, 11) is 0. The Morgan fingerprint density at radius 3 is 2.38 bits per heavy atom. The molecule has 0 aromatic heterocycles. The van der Waals surface area contributed by atoms with Gasteiger partial charge in [-0.15, -0.1) is 0 Å². The topological polar surface area (TPSA) is 105 Å². The van der Waals surface area contributed by atoms with Crippen LogP contribution in [0.2, 0.25) is 0 Å². The number of fused-ring (bicyclic) bond motifs is 1. The zero-order valence-corrected chi connectivity index (χ0v) is 18.4. The minimum absolute atomic E-state index is 0.113. The number of aryl methyl sites for hydroxylation is 1. The molecule has 1 heterocycles. The number of amides is 4. The highest BCUT2D eigenvalue weighted by atomic mass is 16.5. The number of para-hydroxylation sites is 1. The van der Waals surface area contributed by atoms with Crippen molar-refractivity contribution in [2.24, 2.45) is 0 Å². The lowest BCUT2D eigenvalue weighted by molar-refractivity contribution is -0.123. The molecule has 0 atom stereocenters. The number of ether oxygens (including phenoxy) is 1. The summed E-state index contributed by atoms with van der Waals surface area (Å²) in [5.41, 5.74) is 1.84. The van der Waals surface area contributed by atoms with E-state index in [9.17, 15) is 19.2 Å². The van der Waals surface area contributed by atoms with Crippen molar-refractivity contribution < 1.29 is 23.9 Å². The number of rotatable bonds is 9. The van der Waals surface area contributed by atoms with Crippen LogP contribution in [0.1, 0.15) is 57.4 Å². The van der Waals surface area contributed by atoms with Crippen LogP contribution in [-0.2, 0) is 11.2 Å². The first-order valence-corrected chi connectivity index (χ1v) is 10.6. The summed E-state index contributed by atoms with van der Waals surface area (Å²) in [4.78, 5) is 50.4. The first kappa shape index (κ1) is 23.0. The predicted octanol–water partition coefficient (Wildman–Crippen LogP) is 2.18. The molecule has 32 heavy (non-hydrogen) atoms. The maximum atomic E-state index is 12.5. The second-order valence-corrected chi connectivity index (χ2v) is 7.69. The lowest BCUT2D eigenvalue weighted by Crippen LogP contribution is -2.37. The maximum Gasteiger partial charge on any atom is 0.261 e. The molecule has 8 heteroatoms. The normalized spacial score (nSPS) is 12.7. The van der Waals surface area contributed by atoms with E-state index in [4.69, 9.17) is 4.74 Å². The van der Waals surface area contributed by atoms with E-state index in [0.29, 0.717) is 11.3 Å². The van der Waals surface area contributed by atoms with Crippen molar-refractivity contribution >= 4 is 23.6 Å². The van der Waals surface area contributed by atoms with Crippen LogP contribution in [0.4, 0.5) is 0 Å². The summed E-state index contributed by atoms with van der Waals surface area (Å²) in [5.74, 6) is -0.747. The van der Waals surface area contributed by atoms with Crippen molar-refractivity contribution in [2.45, 2.75) is 33.2 Å². The Morgan fingerprint density at radius 2 is 1.66 bits per heavy atom. The zero-order valence-electron chi connectivity index (χ0n) is 18.4. The SMILES string of the molecule is CCc1ccccc1OCC(=O)NCCNC(=O)c1ccc2c(c1)C(=O)N(C(C)C)C2=O. The molecule has 4 amide bonds. The molecule has 0 saturated carbocycles. The zero-order chi connectivity index (χ0) is 23.3. The van der Waals surface area contributed by atoms with Crippen LogP contribution >= 0.6 is 0 Å². The maximum absolute atomic E-state index is 12.5. The van der Waals surface area contributed by atoms with Crippen LogP contribution in [-0.4, -0.2) is 54.3 Å². The Labute approximate surface area is 186 Å². The van der Waals surface area contributed by atoms with Crippen molar-refractivity contribution in [1.29, 1.82) is 0 Å². The lowest BCUT2D eigenvalue weighted by Gasteiger charge is -2.17. The summed E-state index contributed by atoms with van der Waals surface area (Å²) >= 11 is 0. The third-order valence-corrected chi connectivity index (χ3v) is 5.14. The monoisotopic (exact) mass is 437 g/mol. The molecule has 0 fully saturated rings. The van der Waals surface area contributed by atoms with Crippen LogP contribution < -0.4 is 15.4 Å². The highest BCUT2D eigenvalue weighted by molar-refractivity contribution is 6.22. The first-order valence-electron chi connectivity index (χ1n) is 10.6. The molecule has 168 valence electrons. The average Bonchev–Trinajstić information content (AvgIpc) is 3.04. The van der Waals surface area contributed by atoms with Gasteiger partial charge in [-0.25, -0.2) is 0 Å². The van der Waals surface area contributed by atoms with E-state index >= 15 is 0 Å². The molecule has 0 saturated heterocycles. The van der Waals surface area contributed by atoms with Crippen LogP contribution in [0.3, 0.4) is 0 Å². The van der Waals surface area contributed by atoms with Crippen molar-refractivity contribution in [2.75, 3.05) is 19.7 Å². The molecule has 0 unspecified atom stereocenters. The number of hydrogen-bond acceptors (Lipinski definition) is 5. The molecular formula is C24H27N3O5. The van der Waals surface area contributed by atoms with Gasteiger partial charge in [0, 0.05) is 24.7 Å². The van der Waals surface area contributed by atoms with Gasteiger partial charge in [0.25, 0.3) is 23.6 Å². The summed E-state index contributed by atoms with van der Waals surface area (Å²) in [6, 6.07) is 11.7. The molecule has 1 aliphatic heterocycles. The van der Waals surface area contributed by atoms with E-state index in [2.05, 4.69) is 10.6 Å². The van der Waals surface area contributed by atoms with Gasteiger partial charge in [-0.1, -0.05) is 25.1 Å². The van der Waals surface area contributed by atoms with E-state index in [-0.39, 0.29) is 48.7 Å². The molecule has 8 nitrogen and oxygen atoms in total. The van der Waals surface area contributed by atoms with Gasteiger partial charge >= 0.3 is 0 Å². The van der Waals surface area contributed by atoms with E-state index in [0.717, 1.165) is 12.0 Å². The molecule has 0 aliphatic carbocycles. The van der Waals surface area contributed by atoms with Gasteiger partial charge in [-0.05, 0) is 50.1 Å². The minimum atomic E-state index is -0.397. The smallest absolute Gasteiger partial charge is 0.261 e. The highest BCUT2D eigenvalue weighted by Crippen LogP contribution is 2.25. The Bertz CT molecular complexity index is 1050. The Balaban J connectivity index is 1.46. The fourth-order valence-corrected chi connectivity index (χ4v) is 3.48. The van der Waals surface area contributed by atoms with Gasteiger partial charge in [0.15, 0.2) is 6.61 Å². The van der Waals surface area contributed by atoms with Crippen LogP contribution in [0.5, 0.6) is 5.75 Å². The number of imide groups is 1. The Morgan fingerprint density at radius 1 is 0.969 bits per heavy atom. The average molecular weight is 437 g/mol. The van der Waals surface area contributed by atoms with Gasteiger partial charge in [-0.2, -0.15) is 0 Å². The fourth-order valence-electron chi connectivity index (χ4n) is 3.48. The molecule has 0 spiro atoms. The largest absolute Gasteiger partial charge is 0.483 e. The molecule has 2 aromatic rings. The fraction of sp³-hybridized carbons (Fsp3) is 0.333. The Hall–Kier alpha value is -3.68. The molecule has 0 bridgehead atoms. The summed E-state index contributed by atoms with van der Waals surface area (Å²) in [6.45, 7) is 5.86. The van der Waals surface area contributed by atoms with Crippen LogP contribution in [0.25, 0.3) is 0 Å². The van der Waals surface area contributed by atoms with Gasteiger partial charge < -0.3 is 15.4 Å². The molecule has 0 radical (unpaired) electrons. The van der Waals surface area contributed by atoms with Gasteiger partial charge in [0.05, 0.1) is 11.1 Å². The molecule has 2 aromatic carbocycles. The number of nitrogens with one attached hydrogen (secondary N) is 2. The molecular weight excluding hydrogens is 410 g/mol. The number of nitrogens with zero attached hydrogens (tertiary/aromatic N) is 1. The second kappa shape index (κ2) is 10.1. The minimum Gasteiger partial charge on any atom is -0.483 e. The van der Waals surface area contributed by atoms with Gasteiger partial charge in [0.2, 0.25) is 0 Å². The highest BCUT2D eigenvalue weighted by Gasteiger charge is 2.37. The van der Waals surface area contributed by atoms with Gasteiger partial charge in [0.1, 0.15) is 5.75 Å². The van der Waals surface area contributed by atoms with Crippen LogP contribution in [0.15, 0.2) is 42.5 Å². The van der Waals surface area contributed by atoms with E-state index in [1.807, 2.05) is 31.2 Å². The number of carbonyl (C=O) groups excluding carboxylic acids is 4. The lowest BCUT2D eigenvalue weighted by atomic mass is 10.1. The van der Waals surface area contributed by atoms with Crippen molar-refractivity contribution in [1.82, 2.24) is 15.5 Å². The third-order valence-electron chi connectivity index (χ3n) is 5.14. The number of carbonyl (C=O) groups is 4. The van der Waals surface area contributed by atoms with Crippen molar-refractivity contribution in [3.05, 3.63) is 64.7 Å². The van der Waals surface area contributed by atoms with Crippen molar-refractivity contribution in [3.8, 4) is 5.75 Å².